The summed E-state index contributed by atoms with van der Waals surface area (Å²) in [5, 5.41) is 0.558. The first kappa shape index (κ1) is 13.2. The Morgan fingerprint density at radius 2 is 2.25 bits per heavy atom. The molecule has 0 unspecified atom stereocenters. The lowest BCUT2D eigenvalue weighted by atomic mass is 10.4. The van der Waals surface area contributed by atoms with E-state index in [9.17, 15) is 4.79 Å². The van der Waals surface area contributed by atoms with E-state index in [0.717, 1.165) is 5.75 Å². The van der Waals surface area contributed by atoms with Gasteiger partial charge in [-0.2, -0.15) is 0 Å². The van der Waals surface area contributed by atoms with Crippen molar-refractivity contribution in [3.63, 3.8) is 0 Å². The number of hydrogen-bond donors (Lipinski definition) is 1. The topological polar surface area (TPSA) is 61.5 Å². The van der Waals surface area contributed by atoms with E-state index in [1.54, 1.807) is 6.07 Å². The van der Waals surface area contributed by atoms with E-state index in [2.05, 4.69) is 17.2 Å². The standard InChI is InChI=1S/C10H15NO3S2/c1-13-10(12)9-7(6-8(11)15-9)14-4-5-16(2)3/h6H,4-5H2,1-3H3,(H-,11,12)/p+1. The lowest BCUT2D eigenvalue weighted by Gasteiger charge is -2.04. The highest BCUT2D eigenvalue weighted by Gasteiger charge is 2.17. The van der Waals surface area contributed by atoms with Crippen molar-refractivity contribution in [3.05, 3.63) is 10.9 Å². The molecule has 0 aliphatic carbocycles. The number of methoxy groups -OCH3 is 1. The number of nitrogen functional groups attached to an aromatic ring is 1. The van der Waals surface area contributed by atoms with Crippen molar-refractivity contribution >= 4 is 33.2 Å². The van der Waals surface area contributed by atoms with Crippen LogP contribution in [0.15, 0.2) is 6.07 Å². The zero-order valence-electron chi connectivity index (χ0n) is 9.61. The summed E-state index contributed by atoms with van der Waals surface area (Å²) >= 11 is 1.19. The maximum Gasteiger partial charge on any atom is 0.351 e. The Kier molecular flexibility index (Phi) is 4.95. The second-order valence-electron chi connectivity index (χ2n) is 3.37. The largest absolute Gasteiger partial charge is 0.487 e. The van der Waals surface area contributed by atoms with Crippen molar-refractivity contribution in [2.75, 3.05) is 37.7 Å². The molecule has 0 spiro atoms. The SMILES string of the molecule is COC(=O)c1sc(N)cc1OCC[S+](C)C. The molecule has 0 saturated carbocycles. The lowest BCUT2D eigenvalue weighted by molar-refractivity contribution is 0.0602. The minimum Gasteiger partial charge on any atom is -0.487 e. The molecular weight excluding hydrogens is 246 g/mol. The van der Waals surface area contributed by atoms with Gasteiger partial charge in [-0.15, -0.1) is 11.3 Å². The van der Waals surface area contributed by atoms with Crippen LogP contribution in [-0.4, -0.2) is 38.0 Å². The second kappa shape index (κ2) is 6.00. The Bertz CT molecular complexity index is 363. The number of anilines is 1. The zero-order chi connectivity index (χ0) is 12.1. The van der Waals surface area contributed by atoms with Gasteiger partial charge in [0.15, 0.2) is 4.88 Å². The molecule has 4 nitrogen and oxygen atoms in total. The molecule has 1 rings (SSSR count). The maximum absolute atomic E-state index is 11.4. The van der Waals surface area contributed by atoms with Crippen LogP contribution >= 0.6 is 11.3 Å². The van der Waals surface area contributed by atoms with Crippen molar-refractivity contribution in [2.24, 2.45) is 0 Å². The molecule has 0 saturated heterocycles. The van der Waals surface area contributed by atoms with Crippen LogP contribution in [0, 0.1) is 0 Å². The molecule has 1 heterocycles. The van der Waals surface area contributed by atoms with Crippen molar-refractivity contribution in [1.29, 1.82) is 0 Å². The minimum absolute atomic E-state index is 0.329. The quantitative estimate of drug-likeness (QED) is 0.643. The number of thiophene rings is 1. The van der Waals surface area contributed by atoms with Crippen LogP contribution in [0.5, 0.6) is 5.75 Å². The third kappa shape index (κ3) is 3.61. The second-order valence-corrected chi connectivity index (χ2v) is 6.84. The Morgan fingerprint density at radius 1 is 1.56 bits per heavy atom. The van der Waals surface area contributed by atoms with Crippen molar-refractivity contribution in [3.8, 4) is 5.75 Å². The van der Waals surface area contributed by atoms with Crippen LogP contribution in [0.3, 0.4) is 0 Å². The maximum atomic E-state index is 11.4. The summed E-state index contributed by atoms with van der Waals surface area (Å²) in [5.41, 5.74) is 5.64. The number of carbonyl (C=O) groups excluding carboxylic acids is 1. The summed E-state index contributed by atoms with van der Waals surface area (Å²) in [6.45, 7) is 0.594. The van der Waals surface area contributed by atoms with Crippen LogP contribution in [0.4, 0.5) is 5.00 Å². The van der Waals surface area contributed by atoms with Gasteiger partial charge in [-0.25, -0.2) is 4.79 Å². The third-order valence-corrected chi connectivity index (χ3v) is 3.75. The van der Waals surface area contributed by atoms with Crippen molar-refractivity contribution in [1.82, 2.24) is 0 Å². The first-order chi connectivity index (χ1) is 7.54. The van der Waals surface area contributed by atoms with Gasteiger partial charge in [-0.3, -0.25) is 0 Å². The molecule has 0 aliphatic rings. The van der Waals surface area contributed by atoms with Crippen LogP contribution in [-0.2, 0) is 15.6 Å². The molecule has 0 atom stereocenters. The highest BCUT2D eigenvalue weighted by Crippen LogP contribution is 2.31. The van der Waals surface area contributed by atoms with Gasteiger partial charge < -0.3 is 15.2 Å². The molecule has 2 N–H and O–H groups in total. The van der Waals surface area contributed by atoms with Crippen molar-refractivity contribution < 1.29 is 14.3 Å². The molecule has 6 heteroatoms. The number of esters is 1. The fourth-order valence-electron chi connectivity index (χ4n) is 1.05. The van der Waals surface area contributed by atoms with Crippen LogP contribution in [0.1, 0.15) is 9.67 Å². The van der Waals surface area contributed by atoms with E-state index in [0.29, 0.717) is 33.1 Å². The molecular formula is C10H16NO3S2+. The van der Waals surface area contributed by atoms with E-state index < -0.39 is 5.97 Å². The van der Waals surface area contributed by atoms with E-state index in [1.807, 2.05) is 0 Å². The number of carbonyl (C=O) groups is 1. The van der Waals surface area contributed by atoms with E-state index in [1.165, 1.54) is 18.4 Å². The molecule has 0 aromatic carbocycles. The first-order valence-electron chi connectivity index (χ1n) is 4.69. The van der Waals surface area contributed by atoms with Gasteiger partial charge in [0.1, 0.15) is 18.1 Å². The molecule has 1 aromatic rings. The van der Waals surface area contributed by atoms with E-state index >= 15 is 0 Å². The summed E-state index contributed by atoms with van der Waals surface area (Å²) in [4.78, 5) is 11.8. The predicted octanol–water partition coefficient (Wildman–Crippen LogP) is 1.37. The summed E-state index contributed by atoms with van der Waals surface area (Å²) < 4.78 is 10.2. The fourth-order valence-corrected chi connectivity index (χ4v) is 2.26. The lowest BCUT2D eigenvalue weighted by Crippen LogP contribution is -2.12. The average molecular weight is 262 g/mol. The van der Waals surface area contributed by atoms with Crippen molar-refractivity contribution in [2.45, 2.75) is 0 Å². The molecule has 0 fully saturated rings. The predicted molar refractivity (Wildman–Crippen MR) is 69.6 cm³/mol. The summed E-state index contributed by atoms with van der Waals surface area (Å²) in [6, 6.07) is 1.67. The molecule has 0 amide bonds. The van der Waals surface area contributed by atoms with Crippen LogP contribution in [0.25, 0.3) is 0 Å². The third-order valence-electron chi connectivity index (χ3n) is 1.84. The molecule has 90 valence electrons. The number of rotatable bonds is 5. The average Bonchev–Trinajstić information content (AvgIpc) is 2.58. The van der Waals surface area contributed by atoms with Gasteiger partial charge in [0, 0.05) is 6.07 Å². The fraction of sp³-hybridized carbons (Fsp3) is 0.500. The van der Waals surface area contributed by atoms with Crippen LogP contribution in [0.2, 0.25) is 0 Å². The Hall–Kier alpha value is -0.880. The molecule has 16 heavy (non-hydrogen) atoms. The zero-order valence-corrected chi connectivity index (χ0v) is 11.2. The van der Waals surface area contributed by atoms with Gasteiger partial charge >= 0.3 is 5.97 Å². The Labute approximate surface area is 102 Å². The van der Waals surface area contributed by atoms with E-state index in [-0.39, 0.29) is 0 Å². The summed E-state index contributed by atoms with van der Waals surface area (Å²) in [6.07, 6.45) is 4.29. The number of nitrogens with two attached hydrogens (primary N) is 1. The van der Waals surface area contributed by atoms with Gasteiger partial charge in [0.05, 0.1) is 24.6 Å². The van der Waals surface area contributed by atoms with Gasteiger partial charge in [-0.1, -0.05) is 0 Å². The summed E-state index contributed by atoms with van der Waals surface area (Å²) in [5.74, 6) is 1.10. The first-order valence-corrected chi connectivity index (χ1v) is 7.72. The summed E-state index contributed by atoms with van der Waals surface area (Å²) in [7, 11) is 1.67. The molecule has 0 radical (unpaired) electrons. The molecule has 0 aliphatic heterocycles. The highest BCUT2D eigenvalue weighted by atomic mass is 32.2. The van der Waals surface area contributed by atoms with Gasteiger partial charge in [-0.05, 0) is 10.9 Å². The number of hydrogen-bond acceptors (Lipinski definition) is 5. The smallest absolute Gasteiger partial charge is 0.351 e. The van der Waals surface area contributed by atoms with Gasteiger partial charge in [0.2, 0.25) is 0 Å². The van der Waals surface area contributed by atoms with Crippen LogP contribution < -0.4 is 10.5 Å². The molecule has 0 bridgehead atoms. The Morgan fingerprint density at radius 3 is 2.81 bits per heavy atom. The monoisotopic (exact) mass is 262 g/mol. The Balaban J connectivity index is 2.67. The number of ether oxygens (including phenoxy) is 2. The molecule has 1 aromatic heterocycles. The highest BCUT2D eigenvalue weighted by molar-refractivity contribution is 7.95. The normalized spacial score (nSPS) is 10.5. The van der Waals surface area contributed by atoms with Gasteiger partial charge in [0.25, 0.3) is 0 Å². The minimum atomic E-state index is -0.399. The van der Waals surface area contributed by atoms with E-state index in [4.69, 9.17) is 10.5 Å².